The number of anilines is 1. The van der Waals surface area contributed by atoms with Gasteiger partial charge in [0.15, 0.2) is 6.61 Å². The van der Waals surface area contributed by atoms with Crippen molar-refractivity contribution in [3.05, 3.63) is 60.3 Å². The third kappa shape index (κ3) is 6.56. The van der Waals surface area contributed by atoms with Gasteiger partial charge in [-0.05, 0) is 54.7 Å². The number of likely N-dealkylation sites (tertiary alicyclic amines) is 1. The second-order valence-electron chi connectivity index (χ2n) is 8.62. The summed E-state index contributed by atoms with van der Waals surface area (Å²) < 4.78 is 5.26. The molecule has 7 nitrogen and oxygen atoms in total. The Morgan fingerprint density at radius 2 is 1.94 bits per heavy atom. The molecule has 2 aliphatic rings. The number of hydrogen-bond donors (Lipinski definition) is 0. The minimum absolute atomic E-state index is 0.0315. The number of rotatable bonds is 7. The summed E-state index contributed by atoms with van der Waals surface area (Å²) in [5.74, 6) is 2.31. The van der Waals surface area contributed by atoms with Crippen LogP contribution < -0.4 is 9.64 Å². The summed E-state index contributed by atoms with van der Waals surface area (Å²) >= 11 is 0. The third-order valence-corrected chi connectivity index (χ3v) is 6.29. The van der Waals surface area contributed by atoms with Gasteiger partial charge in [0.05, 0.1) is 0 Å². The van der Waals surface area contributed by atoms with Gasteiger partial charge in [-0.2, -0.15) is 5.26 Å². The van der Waals surface area contributed by atoms with Crippen LogP contribution in [0.3, 0.4) is 0 Å². The summed E-state index contributed by atoms with van der Waals surface area (Å²) in [6, 6.07) is 15.4. The molecule has 0 saturated carbocycles. The number of aromatic nitrogens is 1. The monoisotopic (exact) mass is 445 g/mol. The second kappa shape index (κ2) is 11.5. The van der Waals surface area contributed by atoms with Crippen LogP contribution in [0.2, 0.25) is 0 Å². The van der Waals surface area contributed by atoms with Gasteiger partial charge in [-0.15, -0.1) is 0 Å². The lowest BCUT2D eigenvalue weighted by atomic mass is 9.97. The highest BCUT2D eigenvalue weighted by atomic mass is 16.5. The maximum absolute atomic E-state index is 12.8. The molecule has 2 aromatic rings. The van der Waals surface area contributed by atoms with Gasteiger partial charge in [0, 0.05) is 58.1 Å². The molecule has 4 rings (SSSR count). The molecule has 1 amide bonds. The van der Waals surface area contributed by atoms with E-state index in [0.29, 0.717) is 11.7 Å². The number of ether oxygens (including phenoxy) is 1. The molecule has 0 bridgehead atoms. The number of hydrogen-bond acceptors (Lipinski definition) is 6. The molecule has 2 fully saturated rings. The predicted octanol–water partition coefficient (Wildman–Crippen LogP) is 3.06. The van der Waals surface area contributed by atoms with E-state index in [2.05, 4.69) is 20.9 Å². The van der Waals surface area contributed by atoms with Crippen molar-refractivity contribution in [1.29, 1.82) is 5.26 Å². The van der Waals surface area contributed by atoms with Crippen molar-refractivity contribution in [3.8, 4) is 11.8 Å². The van der Waals surface area contributed by atoms with Gasteiger partial charge in [0.25, 0.3) is 0 Å². The number of nitriles is 1. The minimum Gasteiger partial charge on any atom is -0.479 e. The number of benzene rings is 1. The zero-order valence-electron chi connectivity index (χ0n) is 19.0. The molecule has 2 aliphatic heterocycles. The average molecular weight is 446 g/mol. The number of piperazine rings is 1. The number of carbonyl (C=O) groups excluding carboxylic acids is 1. The van der Waals surface area contributed by atoms with Crippen molar-refractivity contribution in [1.82, 2.24) is 14.8 Å². The van der Waals surface area contributed by atoms with E-state index in [1.807, 2.05) is 59.6 Å². The molecule has 1 aromatic heterocycles. The van der Waals surface area contributed by atoms with Crippen LogP contribution in [0.5, 0.6) is 5.75 Å². The Bertz CT molecular complexity index is 962. The largest absolute Gasteiger partial charge is 0.479 e. The first-order chi connectivity index (χ1) is 16.2. The number of carbonyl (C=O) groups is 1. The first kappa shape index (κ1) is 22.8. The minimum atomic E-state index is 0.0315. The molecule has 33 heavy (non-hydrogen) atoms. The van der Waals surface area contributed by atoms with E-state index >= 15 is 0 Å². The highest BCUT2D eigenvalue weighted by Gasteiger charge is 2.26. The van der Waals surface area contributed by atoms with Crippen LogP contribution in [0, 0.1) is 17.2 Å². The fourth-order valence-corrected chi connectivity index (χ4v) is 4.54. The van der Waals surface area contributed by atoms with Crippen LogP contribution in [0.4, 0.5) is 5.82 Å². The van der Waals surface area contributed by atoms with Crippen molar-refractivity contribution >= 4 is 17.8 Å². The summed E-state index contributed by atoms with van der Waals surface area (Å²) in [5, 5.41) is 8.58. The Kier molecular flexibility index (Phi) is 7.94. The Morgan fingerprint density at radius 1 is 1.12 bits per heavy atom. The summed E-state index contributed by atoms with van der Waals surface area (Å²) in [5.41, 5.74) is 0.937. The lowest BCUT2D eigenvalue weighted by molar-refractivity contribution is -0.127. The van der Waals surface area contributed by atoms with Crippen LogP contribution in [0.25, 0.3) is 6.08 Å². The fraction of sp³-hybridized carbons (Fsp3) is 0.423. The molecular formula is C26H31N5O2. The second-order valence-corrected chi connectivity index (χ2v) is 8.62. The van der Waals surface area contributed by atoms with Crippen LogP contribution in [-0.4, -0.2) is 73.1 Å². The van der Waals surface area contributed by atoms with Gasteiger partial charge < -0.3 is 14.5 Å². The van der Waals surface area contributed by atoms with Crippen LogP contribution in [0.15, 0.2) is 54.7 Å². The van der Waals surface area contributed by atoms with Crippen molar-refractivity contribution in [2.45, 2.75) is 12.8 Å². The first-order valence-electron chi connectivity index (χ1n) is 11.7. The molecular weight excluding hydrogens is 414 g/mol. The van der Waals surface area contributed by atoms with Crippen molar-refractivity contribution < 1.29 is 9.53 Å². The van der Waals surface area contributed by atoms with Gasteiger partial charge in [0.2, 0.25) is 5.91 Å². The van der Waals surface area contributed by atoms with E-state index in [1.54, 1.807) is 6.08 Å². The van der Waals surface area contributed by atoms with Gasteiger partial charge in [-0.25, -0.2) is 4.98 Å². The lowest BCUT2D eigenvalue weighted by Crippen LogP contribution is -2.50. The molecule has 0 spiro atoms. The van der Waals surface area contributed by atoms with Gasteiger partial charge >= 0.3 is 0 Å². The Hall–Kier alpha value is -3.37. The average Bonchev–Trinajstić information content (AvgIpc) is 2.88. The summed E-state index contributed by atoms with van der Waals surface area (Å²) in [6.45, 7) is 6.80. The first-order valence-corrected chi connectivity index (χ1v) is 11.7. The number of pyridine rings is 1. The van der Waals surface area contributed by atoms with E-state index in [9.17, 15) is 4.79 Å². The zero-order chi connectivity index (χ0) is 22.9. The number of nitrogens with zero attached hydrogens (tertiary/aromatic N) is 5. The molecule has 2 saturated heterocycles. The maximum atomic E-state index is 12.8. The summed E-state index contributed by atoms with van der Waals surface area (Å²) in [7, 11) is 0. The van der Waals surface area contributed by atoms with E-state index in [4.69, 9.17) is 10.00 Å². The third-order valence-electron chi connectivity index (χ3n) is 6.29. The molecule has 172 valence electrons. The SMILES string of the molecule is N#CCOc1ccc(/C=C/C(=O)N2CCCC(CN3CCN(c4ccccn4)CC3)C2)cc1. The van der Waals surface area contributed by atoms with Gasteiger partial charge in [-0.3, -0.25) is 9.69 Å². The zero-order valence-corrected chi connectivity index (χ0v) is 19.0. The summed E-state index contributed by atoms with van der Waals surface area (Å²) in [6.07, 6.45) is 7.60. The molecule has 7 heteroatoms. The molecule has 1 aromatic carbocycles. The van der Waals surface area contributed by atoms with Gasteiger partial charge in [-0.1, -0.05) is 18.2 Å². The molecule has 3 heterocycles. The highest BCUT2D eigenvalue weighted by molar-refractivity contribution is 5.91. The molecule has 1 unspecified atom stereocenters. The Morgan fingerprint density at radius 3 is 2.67 bits per heavy atom. The quantitative estimate of drug-likeness (QED) is 0.610. The number of piperidine rings is 1. The molecule has 0 radical (unpaired) electrons. The van der Waals surface area contributed by atoms with Crippen molar-refractivity contribution in [2.24, 2.45) is 5.92 Å². The topological polar surface area (TPSA) is 72.7 Å². The standard InChI is InChI=1S/C26H31N5O2/c27-12-19-33-24-9-6-22(7-10-24)8-11-26(32)31-14-3-4-23(21-31)20-29-15-17-30(18-16-29)25-5-1-2-13-28-25/h1-2,5-11,13,23H,3-4,14-21H2/b11-8+. The molecule has 0 N–H and O–H groups in total. The van der Waals surface area contributed by atoms with Crippen LogP contribution >= 0.6 is 0 Å². The van der Waals surface area contributed by atoms with Crippen LogP contribution in [-0.2, 0) is 4.79 Å². The number of amides is 1. The molecule has 1 atom stereocenters. The normalized spacial score (nSPS) is 19.4. The smallest absolute Gasteiger partial charge is 0.246 e. The fourth-order valence-electron chi connectivity index (χ4n) is 4.54. The summed E-state index contributed by atoms with van der Waals surface area (Å²) in [4.78, 5) is 24.1. The van der Waals surface area contributed by atoms with E-state index in [1.165, 1.54) is 6.42 Å². The Balaban J connectivity index is 1.23. The molecule has 0 aliphatic carbocycles. The van der Waals surface area contributed by atoms with Crippen molar-refractivity contribution in [3.63, 3.8) is 0 Å². The van der Waals surface area contributed by atoms with Crippen molar-refractivity contribution in [2.75, 3.05) is 57.3 Å². The van der Waals surface area contributed by atoms with E-state index in [0.717, 1.165) is 63.6 Å². The van der Waals surface area contributed by atoms with E-state index in [-0.39, 0.29) is 12.5 Å². The predicted molar refractivity (Wildman–Crippen MR) is 129 cm³/mol. The maximum Gasteiger partial charge on any atom is 0.246 e. The van der Waals surface area contributed by atoms with Crippen LogP contribution in [0.1, 0.15) is 18.4 Å². The Labute approximate surface area is 195 Å². The van der Waals surface area contributed by atoms with Gasteiger partial charge in [0.1, 0.15) is 17.6 Å². The highest BCUT2D eigenvalue weighted by Crippen LogP contribution is 2.20. The lowest BCUT2D eigenvalue weighted by Gasteiger charge is -2.39. The van der Waals surface area contributed by atoms with E-state index < -0.39 is 0 Å².